The molecule has 2 aromatic rings. The molecular weight excluding hydrogens is 484 g/mol. The van der Waals surface area contributed by atoms with Gasteiger partial charge in [0.15, 0.2) is 0 Å². The zero-order valence-corrected chi connectivity index (χ0v) is 21.6. The Bertz CT molecular complexity index is 1100. The van der Waals surface area contributed by atoms with Crippen molar-refractivity contribution in [2.45, 2.75) is 80.6 Å². The number of aliphatic hydroxyl groups excluding tert-OH is 1. The second-order valence-corrected chi connectivity index (χ2v) is 12.9. The summed E-state index contributed by atoms with van der Waals surface area (Å²) in [5, 5.41) is 14.1. The van der Waals surface area contributed by atoms with E-state index in [0.29, 0.717) is 27.9 Å². The Hall–Kier alpha value is -1.84. The first kappa shape index (κ1) is 23.6. The van der Waals surface area contributed by atoms with Crippen molar-refractivity contribution in [1.29, 1.82) is 0 Å². The molecule has 6 rings (SSSR count). The average molecular weight is 517 g/mol. The SMILES string of the molecule is O=[S@]1CCCCc2nc(N3CC4(CCC(c5ncc(Cl)cn5)CC4)C3)nc(NC3(CO)CCC3)c21. The molecule has 2 aliphatic heterocycles. The molecule has 0 unspecified atom stereocenters. The number of nitrogens with zero attached hydrogens (tertiary/aromatic N) is 5. The molecule has 0 amide bonds. The van der Waals surface area contributed by atoms with Crippen molar-refractivity contribution in [2.24, 2.45) is 5.41 Å². The van der Waals surface area contributed by atoms with Crippen LogP contribution in [0.1, 0.15) is 75.2 Å². The van der Waals surface area contributed by atoms with E-state index in [-0.39, 0.29) is 12.1 Å². The maximum atomic E-state index is 13.1. The molecule has 1 spiro atoms. The number of nitrogens with one attached hydrogen (secondary N) is 1. The number of aromatic nitrogens is 4. The molecule has 2 aliphatic carbocycles. The predicted molar refractivity (Wildman–Crippen MR) is 136 cm³/mol. The summed E-state index contributed by atoms with van der Waals surface area (Å²) in [6.45, 7) is 1.97. The van der Waals surface area contributed by atoms with Gasteiger partial charge in [0.1, 0.15) is 16.5 Å². The van der Waals surface area contributed by atoms with Crippen molar-refractivity contribution < 1.29 is 9.32 Å². The molecule has 10 heteroatoms. The molecule has 4 heterocycles. The number of anilines is 2. The summed E-state index contributed by atoms with van der Waals surface area (Å²) in [7, 11) is -1.11. The van der Waals surface area contributed by atoms with Crippen LogP contribution in [0.3, 0.4) is 0 Å². The molecule has 1 atom stereocenters. The van der Waals surface area contributed by atoms with Gasteiger partial charge in [0, 0.05) is 42.6 Å². The van der Waals surface area contributed by atoms with Crippen molar-refractivity contribution in [2.75, 3.05) is 35.7 Å². The highest BCUT2D eigenvalue weighted by Gasteiger charge is 2.47. The smallest absolute Gasteiger partial charge is 0.227 e. The second-order valence-electron chi connectivity index (χ2n) is 11.0. The highest BCUT2D eigenvalue weighted by atomic mass is 35.5. The van der Waals surface area contributed by atoms with Crippen LogP contribution in [-0.2, 0) is 17.2 Å². The van der Waals surface area contributed by atoms with Crippen LogP contribution >= 0.6 is 11.6 Å². The highest BCUT2D eigenvalue weighted by molar-refractivity contribution is 7.85. The van der Waals surface area contributed by atoms with Crippen LogP contribution in [0.25, 0.3) is 0 Å². The summed E-state index contributed by atoms with van der Waals surface area (Å²) in [6.07, 6.45) is 13.5. The minimum absolute atomic E-state index is 0.0685. The number of hydrogen-bond acceptors (Lipinski definition) is 8. The Morgan fingerprint density at radius 3 is 2.49 bits per heavy atom. The van der Waals surface area contributed by atoms with Gasteiger partial charge in [0.05, 0.1) is 33.7 Å². The van der Waals surface area contributed by atoms with Crippen LogP contribution in [0.5, 0.6) is 0 Å². The summed E-state index contributed by atoms with van der Waals surface area (Å²) in [4.78, 5) is 21.8. The lowest BCUT2D eigenvalue weighted by molar-refractivity contribution is 0.124. The van der Waals surface area contributed by atoms with Crippen LogP contribution in [0.15, 0.2) is 17.3 Å². The molecular formula is C25H33ClN6O2S. The lowest BCUT2D eigenvalue weighted by Gasteiger charge is -2.53. The molecule has 188 valence electrons. The number of aryl methyl sites for hydroxylation is 1. The van der Waals surface area contributed by atoms with Gasteiger partial charge in [0.2, 0.25) is 5.95 Å². The Labute approximate surface area is 213 Å². The van der Waals surface area contributed by atoms with Crippen molar-refractivity contribution in [3.8, 4) is 0 Å². The number of hydrogen-bond donors (Lipinski definition) is 2. The topological polar surface area (TPSA) is 104 Å². The molecule has 0 bridgehead atoms. The average Bonchev–Trinajstić information content (AvgIpc) is 3.01. The van der Waals surface area contributed by atoms with Crippen molar-refractivity contribution in [3.05, 3.63) is 28.9 Å². The van der Waals surface area contributed by atoms with Gasteiger partial charge in [-0.3, -0.25) is 4.21 Å². The number of halogens is 1. The third kappa shape index (κ3) is 4.44. The van der Waals surface area contributed by atoms with Crippen LogP contribution in [0.2, 0.25) is 5.02 Å². The van der Waals surface area contributed by atoms with Gasteiger partial charge in [0.25, 0.3) is 0 Å². The Kier molecular flexibility index (Phi) is 6.21. The van der Waals surface area contributed by atoms with Crippen molar-refractivity contribution in [1.82, 2.24) is 19.9 Å². The molecule has 2 aromatic heterocycles. The van der Waals surface area contributed by atoms with E-state index in [1.165, 1.54) is 0 Å². The van der Waals surface area contributed by atoms with E-state index in [4.69, 9.17) is 21.6 Å². The lowest BCUT2D eigenvalue weighted by atomic mass is 9.66. The van der Waals surface area contributed by atoms with Crippen molar-refractivity contribution in [3.63, 3.8) is 0 Å². The fourth-order valence-corrected chi connectivity index (χ4v) is 7.66. The summed E-state index contributed by atoms with van der Waals surface area (Å²) >= 11 is 5.95. The quantitative estimate of drug-likeness (QED) is 0.617. The Morgan fingerprint density at radius 1 is 1.09 bits per heavy atom. The highest BCUT2D eigenvalue weighted by Crippen LogP contribution is 2.49. The van der Waals surface area contributed by atoms with Gasteiger partial charge in [-0.15, -0.1) is 0 Å². The molecule has 4 aliphatic rings. The van der Waals surface area contributed by atoms with Crippen LogP contribution < -0.4 is 10.2 Å². The molecule has 2 saturated carbocycles. The van der Waals surface area contributed by atoms with E-state index in [1.807, 2.05) is 0 Å². The Morgan fingerprint density at radius 2 is 1.83 bits per heavy atom. The van der Waals surface area contributed by atoms with Crippen LogP contribution in [-0.4, -0.2) is 60.2 Å². The largest absolute Gasteiger partial charge is 0.394 e. The van der Waals surface area contributed by atoms with E-state index in [2.05, 4.69) is 20.2 Å². The monoisotopic (exact) mass is 516 g/mol. The first-order valence-electron chi connectivity index (χ1n) is 12.9. The molecule has 0 aromatic carbocycles. The summed E-state index contributed by atoms with van der Waals surface area (Å²) in [5.74, 6) is 3.39. The van der Waals surface area contributed by atoms with E-state index in [1.54, 1.807) is 12.4 Å². The van der Waals surface area contributed by atoms with E-state index in [9.17, 15) is 9.32 Å². The molecule has 1 saturated heterocycles. The zero-order chi connectivity index (χ0) is 24.0. The minimum atomic E-state index is -1.11. The van der Waals surface area contributed by atoms with E-state index < -0.39 is 10.8 Å². The molecule has 2 N–H and O–H groups in total. The maximum Gasteiger partial charge on any atom is 0.227 e. The van der Waals surface area contributed by atoms with E-state index in [0.717, 1.165) is 99.7 Å². The standard InChI is InChI=1S/C25H33ClN6O2S/c26-18-12-27-21(28-13-18)17-5-9-24(10-6-17)14-32(15-24)23-29-19-4-1-2-11-35(34)20(19)22(30-23)31-25(16-33)7-3-8-25/h12-13,17,33H,1-11,14-16H2,(H,29,30,31)/t35-/m0/s1. The van der Waals surface area contributed by atoms with Gasteiger partial charge in [-0.25, -0.2) is 15.0 Å². The van der Waals surface area contributed by atoms with Gasteiger partial charge >= 0.3 is 0 Å². The lowest BCUT2D eigenvalue weighted by Crippen LogP contribution is -2.58. The molecule has 35 heavy (non-hydrogen) atoms. The normalized spacial score (nSPS) is 25.3. The van der Waals surface area contributed by atoms with Gasteiger partial charge < -0.3 is 15.3 Å². The predicted octanol–water partition coefficient (Wildman–Crippen LogP) is 3.86. The minimum Gasteiger partial charge on any atom is -0.394 e. The summed E-state index contributed by atoms with van der Waals surface area (Å²) in [5.41, 5.74) is 0.884. The molecule has 3 fully saturated rings. The Balaban J connectivity index is 1.19. The number of fused-ring (bicyclic) bond motifs is 1. The third-order valence-electron chi connectivity index (χ3n) is 8.53. The fourth-order valence-electron chi connectivity index (χ4n) is 6.17. The second kappa shape index (κ2) is 9.23. The van der Waals surface area contributed by atoms with Crippen LogP contribution in [0.4, 0.5) is 11.8 Å². The summed E-state index contributed by atoms with van der Waals surface area (Å²) < 4.78 is 13.1. The fraction of sp³-hybridized carbons (Fsp3) is 0.680. The van der Waals surface area contributed by atoms with Crippen LogP contribution in [0, 0.1) is 5.41 Å². The number of aliphatic hydroxyl groups is 1. The van der Waals surface area contributed by atoms with Gasteiger partial charge in [-0.2, -0.15) is 4.98 Å². The van der Waals surface area contributed by atoms with E-state index >= 15 is 0 Å². The molecule has 0 radical (unpaired) electrons. The zero-order valence-electron chi connectivity index (χ0n) is 20.0. The van der Waals surface area contributed by atoms with Crippen molar-refractivity contribution >= 4 is 34.2 Å². The molecule has 8 nitrogen and oxygen atoms in total. The summed E-state index contributed by atoms with van der Waals surface area (Å²) in [6, 6.07) is 0. The number of rotatable bonds is 5. The maximum absolute atomic E-state index is 13.1. The third-order valence-corrected chi connectivity index (χ3v) is 10.3. The first-order chi connectivity index (χ1) is 17.0. The van der Waals surface area contributed by atoms with Gasteiger partial charge in [-0.1, -0.05) is 11.6 Å². The van der Waals surface area contributed by atoms with Gasteiger partial charge in [-0.05, 0) is 64.2 Å². The first-order valence-corrected chi connectivity index (χ1v) is 14.6.